The molecule has 0 bridgehead atoms. The van der Waals surface area contributed by atoms with Gasteiger partial charge in [0.2, 0.25) is 0 Å². The van der Waals surface area contributed by atoms with Gasteiger partial charge in [0.05, 0.1) is 0 Å². The smallest absolute Gasteiger partial charge is 0.344 e. The van der Waals surface area contributed by atoms with Gasteiger partial charge in [-0.2, -0.15) is 0 Å². The average Bonchev–Trinajstić information content (AvgIpc) is 2.43. The summed E-state index contributed by atoms with van der Waals surface area (Å²) in [6.45, 7) is 7.12. The number of likely N-dealkylation sites (N-methyl/N-ethyl adjacent to an activating group) is 1. The Labute approximate surface area is 119 Å². The van der Waals surface area contributed by atoms with Crippen molar-refractivity contribution < 1.29 is 14.3 Å². The highest BCUT2D eigenvalue weighted by atomic mass is 35.5. The van der Waals surface area contributed by atoms with Gasteiger partial charge in [0, 0.05) is 11.6 Å². The Bertz CT molecular complexity index is 377. The van der Waals surface area contributed by atoms with E-state index in [9.17, 15) is 4.79 Å². The van der Waals surface area contributed by atoms with Crippen molar-refractivity contribution in [3.05, 3.63) is 29.3 Å². The molecule has 1 aromatic rings. The standard InChI is InChI=1S/C14H20ClNO3/c1-3-16(4-2)9-10-18-14(17)11-19-13-7-5-12(15)6-8-13/h5-8H,3-4,9-11H2,1-2H3. The van der Waals surface area contributed by atoms with Crippen LogP contribution in [0.25, 0.3) is 0 Å². The Morgan fingerprint density at radius 1 is 1.21 bits per heavy atom. The molecular weight excluding hydrogens is 266 g/mol. The van der Waals surface area contributed by atoms with E-state index in [1.54, 1.807) is 24.3 Å². The highest BCUT2D eigenvalue weighted by molar-refractivity contribution is 6.30. The minimum Gasteiger partial charge on any atom is -0.482 e. The van der Waals surface area contributed by atoms with Crippen LogP contribution < -0.4 is 4.74 Å². The van der Waals surface area contributed by atoms with Crippen LogP contribution in [0.4, 0.5) is 0 Å². The third-order valence-electron chi connectivity index (χ3n) is 2.74. The summed E-state index contributed by atoms with van der Waals surface area (Å²) in [5.41, 5.74) is 0. The zero-order chi connectivity index (χ0) is 14.1. The fraction of sp³-hybridized carbons (Fsp3) is 0.500. The summed E-state index contributed by atoms with van der Waals surface area (Å²) in [7, 11) is 0. The zero-order valence-electron chi connectivity index (χ0n) is 11.4. The van der Waals surface area contributed by atoms with E-state index < -0.39 is 0 Å². The van der Waals surface area contributed by atoms with Crippen LogP contribution in [0.3, 0.4) is 0 Å². The lowest BCUT2D eigenvalue weighted by molar-refractivity contribution is -0.146. The summed E-state index contributed by atoms with van der Waals surface area (Å²) in [5.74, 6) is 0.243. The largest absolute Gasteiger partial charge is 0.482 e. The number of rotatable bonds is 8. The summed E-state index contributed by atoms with van der Waals surface area (Å²) < 4.78 is 10.4. The Hall–Kier alpha value is -1.26. The lowest BCUT2D eigenvalue weighted by Crippen LogP contribution is -2.28. The van der Waals surface area contributed by atoms with E-state index in [1.165, 1.54) is 0 Å². The van der Waals surface area contributed by atoms with E-state index in [0.29, 0.717) is 17.4 Å². The van der Waals surface area contributed by atoms with Gasteiger partial charge in [-0.05, 0) is 37.4 Å². The van der Waals surface area contributed by atoms with Crippen LogP contribution in [-0.4, -0.2) is 43.7 Å². The monoisotopic (exact) mass is 285 g/mol. The van der Waals surface area contributed by atoms with Gasteiger partial charge >= 0.3 is 5.97 Å². The van der Waals surface area contributed by atoms with Crippen LogP contribution in [0.2, 0.25) is 5.02 Å². The molecule has 106 valence electrons. The summed E-state index contributed by atoms with van der Waals surface area (Å²) in [4.78, 5) is 13.6. The molecular formula is C14H20ClNO3. The summed E-state index contributed by atoms with van der Waals surface area (Å²) in [6.07, 6.45) is 0. The lowest BCUT2D eigenvalue weighted by atomic mass is 10.3. The predicted molar refractivity (Wildman–Crippen MR) is 75.7 cm³/mol. The molecule has 0 saturated carbocycles. The van der Waals surface area contributed by atoms with Crippen LogP contribution in [0.5, 0.6) is 5.75 Å². The van der Waals surface area contributed by atoms with Crippen LogP contribution in [0.15, 0.2) is 24.3 Å². The summed E-state index contributed by atoms with van der Waals surface area (Å²) >= 11 is 5.75. The number of carbonyl (C=O) groups is 1. The predicted octanol–water partition coefficient (Wildman–Crippen LogP) is 2.60. The van der Waals surface area contributed by atoms with Crippen molar-refractivity contribution >= 4 is 17.6 Å². The number of carbonyl (C=O) groups excluding carboxylic acids is 1. The second-order valence-corrected chi connectivity index (χ2v) is 4.43. The molecule has 19 heavy (non-hydrogen) atoms. The molecule has 0 unspecified atom stereocenters. The lowest BCUT2D eigenvalue weighted by Gasteiger charge is -2.17. The SMILES string of the molecule is CCN(CC)CCOC(=O)COc1ccc(Cl)cc1. The number of halogens is 1. The van der Waals surface area contributed by atoms with Crippen molar-refractivity contribution in [3.63, 3.8) is 0 Å². The van der Waals surface area contributed by atoms with E-state index >= 15 is 0 Å². The van der Waals surface area contributed by atoms with Crippen LogP contribution in [-0.2, 0) is 9.53 Å². The van der Waals surface area contributed by atoms with Gasteiger partial charge in [-0.25, -0.2) is 4.79 Å². The van der Waals surface area contributed by atoms with Crippen LogP contribution in [0, 0.1) is 0 Å². The van der Waals surface area contributed by atoms with E-state index in [4.69, 9.17) is 21.1 Å². The Kier molecular flexibility index (Phi) is 7.30. The molecule has 0 aliphatic heterocycles. The molecule has 0 spiro atoms. The van der Waals surface area contributed by atoms with Gasteiger partial charge in [0.25, 0.3) is 0 Å². The molecule has 0 amide bonds. The van der Waals surface area contributed by atoms with Crippen LogP contribution in [0.1, 0.15) is 13.8 Å². The highest BCUT2D eigenvalue weighted by Gasteiger charge is 2.05. The molecule has 0 saturated heterocycles. The maximum Gasteiger partial charge on any atom is 0.344 e. The van der Waals surface area contributed by atoms with Crippen molar-refractivity contribution in [2.45, 2.75) is 13.8 Å². The van der Waals surface area contributed by atoms with Crippen molar-refractivity contribution in [2.24, 2.45) is 0 Å². The Morgan fingerprint density at radius 3 is 2.42 bits per heavy atom. The van der Waals surface area contributed by atoms with Crippen LogP contribution >= 0.6 is 11.6 Å². The van der Waals surface area contributed by atoms with Gasteiger partial charge in [-0.1, -0.05) is 25.4 Å². The molecule has 1 aromatic carbocycles. The second-order valence-electron chi connectivity index (χ2n) is 3.99. The molecule has 0 heterocycles. The van der Waals surface area contributed by atoms with E-state index in [2.05, 4.69) is 18.7 Å². The van der Waals surface area contributed by atoms with Gasteiger partial charge in [-0.3, -0.25) is 0 Å². The third kappa shape index (κ3) is 6.45. The minimum atomic E-state index is -0.359. The van der Waals surface area contributed by atoms with E-state index in [1.807, 2.05) is 0 Å². The van der Waals surface area contributed by atoms with Crippen molar-refractivity contribution in [2.75, 3.05) is 32.8 Å². The Balaban J connectivity index is 2.19. The normalized spacial score (nSPS) is 10.5. The number of nitrogens with zero attached hydrogens (tertiary/aromatic N) is 1. The Morgan fingerprint density at radius 2 is 1.84 bits per heavy atom. The fourth-order valence-electron chi connectivity index (χ4n) is 1.54. The first kappa shape index (κ1) is 15.8. The molecule has 0 aliphatic carbocycles. The molecule has 4 nitrogen and oxygen atoms in total. The second kappa shape index (κ2) is 8.77. The molecule has 0 atom stereocenters. The topological polar surface area (TPSA) is 38.8 Å². The molecule has 0 aliphatic rings. The van der Waals surface area contributed by atoms with Gasteiger partial charge < -0.3 is 14.4 Å². The molecule has 0 fully saturated rings. The van der Waals surface area contributed by atoms with E-state index in [-0.39, 0.29) is 12.6 Å². The maximum atomic E-state index is 11.4. The van der Waals surface area contributed by atoms with Crippen molar-refractivity contribution in [3.8, 4) is 5.75 Å². The first-order chi connectivity index (χ1) is 9.15. The van der Waals surface area contributed by atoms with Crippen molar-refractivity contribution in [1.82, 2.24) is 4.90 Å². The number of ether oxygens (including phenoxy) is 2. The number of esters is 1. The number of hydrogen-bond acceptors (Lipinski definition) is 4. The first-order valence-electron chi connectivity index (χ1n) is 6.42. The molecule has 5 heteroatoms. The maximum absolute atomic E-state index is 11.4. The molecule has 1 rings (SSSR count). The number of benzene rings is 1. The molecule has 0 radical (unpaired) electrons. The minimum absolute atomic E-state index is 0.0835. The first-order valence-corrected chi connectivity index (χ1v) is 6.79. The summed E-state index contributed by atoms with van der Waals surface area (Å²) in [6, 6.07) is 6.85. The molecule has 0 N–H and O–H groups in total. The molecule has 0 aromatic heterocycles. The van der Waals surface area contributed by atoms with Crippen molar-refractivity contribution in [1.29, 1.82) is 0 Å². The average molecular weight is 286 g/mol. The third-order valence-corrected chi connectivity index (χ3v) is 2.99. The highest BCUT2D eigenvalue weighted by Crippen LogP contribution is 2.15. The fourth-order valence-corrected chi connectivity index (χ4v) is 1.67. The van der Waals surface area contributed by atoms with Gasteiger partial charge in [0.1, 0.15) is 12.4 Å². The van der Waals surface area contributed by atoms with Gasteiger partial charge in [0.15, 0.2) is 6.61 Å². The number of hydrogen-bond donors (Lipinski definition) is 0. The van der Waals surface area contributed by atoms with E-state index in [0.717, 1.165) is 19.6 Å². The summed E-state index contributed by atoms with van der Waals surface area (Å²) in [5, 5.41) is 0.633. The zero-order valence-corrected chi connectivity index (χ0v) is 12.2. The quantitative estimate of drug-likeness (QED) is 0.688. The van der Waals surface area contributed by atoms with Gasteiger partial charge in [-0.15, -0.1) is 0 Å².